The molecule has 3 aromatic heterocycles. The lowest BCUT2D eigenvalue weighted by Gasteiger charge is -2.07. The zero-order valence-corrected chi connectivity index (χ0v) is 10.0. The highest BCUT2D eigenvalue weighted by Gasteiger charge is 2.15. The summed E-state index contributed by atoms with van der Waals surface area (Å²) in [6.45, 7) is 0. The second kappa shape index (κ2) is 3.57. The van der Waals surface area contributed by atoms with E-state index in [1.165, 1.54) is 18.7 Å². The standard InChI is InChI=1S/C10H8N6O3/c1-15-8-4(9(18)16(2)10(15)19)6(17)5-7(13-8)14-12-3-11-5/h3H,1-2H3,(H,13,14,17). The monoisotopic (exact) mass is 260 g/mol. The lowest BCUT2D eigenvalue weighted by atomic mass is 10.3. The summed E-state index contributed by atoms with van der Waals surface area (Å²) in [6, 6.07) is 0. The molecule has 0 bridgehead atoms. The van der Waals surface area contributed by atoms with Gasteiger partial charge in [-0.2, -0.15) is 0 Å². The van der Waals surface area contributed by atoms with Crippen molar-refractivity contribution in [2.45, 2.75) is 0 Å². The molecule has 1 N–H and O–H groups in total. The molecule has 96 valence electrons. The summed E-state index contributed by atoms with van der Waals surface area (Å²) in [7, 11) is 2.77. The Balaban J connectivity index is 2.80. The lowest BCUT2D eigenvalue weighted by Crippen LogP contribution is -2.39. The number of aryl methyl sites for hydroxylation is 1. The minimum Gasteiger partial charge on any atom is -0.322 e. The van der Waals surface area contributed by atoms with Gasteiger partial charge in [0.05, 0.1) is 0 Å². The highest BCUT2D eigenvalue weighted by molar-refractivity contribution is 5.85. The lowest BCUT2D eigenvalue weighted by molar-refractivity contribution is 0.707. The number of nitrogens with one attached hydrogen (secondary N) is 1. The van der Waals surface area contributed by atoms with Gasteiger partial charge in [-0.05, 0) is 0 Å². The molecule has 0 aliphatic rings. The van der Waals surface area contributed by atoms with Gasteiger partial charge in [0.15, 0.2) is 11.2 Å². The van der Waals surface area contributed by atoms with Crippen LogP contribution in [0.4, 0.5) is 0 Å². The van der Waals surface area contributed by atoms with Crippen LogP contribution in [0.3, 0.4) is 0 Å². The van der Waals surface area contributed by atoms with Crippen molar-refractivity contribution in [1.82, 2.24) is 29.3 Å². The Kier molecular flexibility index (Phi) is 2.12. The van der Waals surface area contributed by atoms with Crippen LogP contribution in [0.5, 0.6) is 0 Å². The highest BCUT2D eigenvalue weighted by Crippen LogP contribution is 2.04. The summed E-state index contributed by atoms with van der Waals surface area (Å²) in [6.07, 6.45) is 1.12. The summed E-state index contributed by atoms with van der Waals surface area (Å²) in [5.74, 6) is 0. The first-order chi connectivity index (χ1) is 9.02. The molecular weight excluding hydrogens is 252 g/mol. The first-order valence-electron chi connectivity index (χ1n) is 5.31. The predicted octanol–water partition coefficient (Wildman–Crippen LogP) is -1.74. The van der Waals surface area contributed by atoms with E-state index < -0.39 is 16.7 Å². The Morgan fingerprint density at radius 2 is 1.89 bits per heavy atom. The van der Waals surface area contributed by atoms with Gasteiger partial charge in [-0.15, -0.1) is 10.2 Å². The summed E-state index contributed by atoms with van der Waals surface area (Å²) < 4.78 is 2.05. The predicted molar refractivity (Wildman–Crippen MR) is 65.9 cm³/mol. The van der Waals surface area contributed by atoms with Crippen LogP contribution in [-0.2, 0) is 14.1 Å². The van der Waals surface area contributed by atoms with Gasteiger partial charge in [0.25, 0.3) is 5.56 Å². The van der Waals surface area contributed by atoms with E-state index in [4.69, 9.17) is 0 Å². The number of fused-ring (bicyclic) bond motifs is 2. The maximum Gasteiger partial charge on any atom is 0.332 e. The summed E-state index contributed by atoms with van der Waals surface area (Å²) in [5.41, 5.74) is -1.53. The first-order valence-corrected chi connectivity index (χ1v) is 5.31. The van der Waals surface area contributed by atoms with Crippen LogP contribution in [0.1, 0.15) is 0 Å². The van der Waals surface area contributed by atoms with Gasteiger partial charge in [0.2, 0.25) is 5.43 Å². The van der Waals surface area contributed by atoms with Crippen molar-refractivity contribution in [3.63, 3.8) is 0 Å². The van der Waals surface area contributed by atoms with E-state index in [1.54, 1.807) is 0 Å². The zero-order chi connectivity index (χ0) is 13.7. The molecule has 19 heavy (non-hydrogen) atoms. The number of rotatable bonds is 0. The van der Waals surface area contributed by atoms with Crippen LogP contribution in [0.15, 0.2) is 20.7 Å². The molecule has 0 unspecified atom stereocenters. The third-order valence-electron chi connectivity index (χ3n) is 2.96. The molecule has 0 saturated heterocycles. The minimum atomic E-state index is -0.667. The quantitative estimate of drug-likeness (QED) is 0.480. The molecule has 0 radical (unpaired) electrons. The molecule has 0 fully saturated rings. The second-order valence-corrected chi connectivity index (χ2v) is 4.04. The molecule has 0 amide bonds. The van der Waals surface area contributed by atoms with E-state index in [0.717, 1.165) is 10.9 Å². The molecular formula is C10H8N6O3. The van der Waals surface area contributed by atoms with E-state index >= 15 is 0 Å². The molecule has 3 aromatic rings. The van der Waals surface area contributed by atoms with Crippen LogP contribution >= 0.6 is 0 Å². The molecule has 3 heterocycles. The van der Waals surface area contributed by atoms with E-state index in [0.29, 0.717) is 0 Å². The first kappa shape index (κ1) is 11.3. The summed E-state index contributed by atoms with van der Waals surface area (Å²) >= 11 is 0. The van der Waals surface area contributed by atoms with Crippen LogP contribution in [-0.4, -0.2) is 29.3 Å². The van der Waals surface area contributed by atoms with Crippen molar-refractivity contribution in [3.8, 4) is 0 Å². The zero-order valence-electron chi connectivity index (χ0n) is 10.0. The smallest absolute Gasteiger partial charge is 0.322 e. The molecule has 9 heteroatoms. The third-order valence-corrected chi connectivity index (χ3v) is 2.96. The number of hydrogen-bond acceptors (Lipinski definition) is 6. The van der Waals surface area contributed by atoms with Crippen molar-refractivity contribution in [2.24, 2.45) is 14.1 Å². The number of nitrogens with zero attached hydrogens (tertiary/aromatic N) is 5. The Labute approximate surface area is 104 Å². The normalized spacial score (nSPS) is 11.3. The Morgan fingerprint density at radius 1 is 1.16 bits per heavy atom. The number of hydrogen-bond donors (Lipinski definition) is 1. The number of aromatic amines is 1. The molecule has 0 spiro atoms. The van der Waals surface area contributed by atoms with Crippen molar-refractivity contribution >= 4 is 22.2 Å². The fraction of sp³-hybridized carbons (Fsp3) is 0.200. The highest BCUT2D eigenvalue weighted by atomic mass is 16.2. The minimum absolute atomic E-state index is 0.0123. The molecule has 9 nitrogen and oxygen atoms in total. The maximum absolute atomic E-state index is 12.2. The maximum atomic E-state index is 12.2. The SMILES string of the molecule is Cn1c(=O)c2c(=O)c3ncnnc3[nH]c2n(C)c1=O. The average molecular weight is 260 g/mol. The van der Waals surface area contributed by atoms with Crippen LogP contribution in [0.25, 0.3) is 22.2 Å². The van der Waals surface area contributed by atoms with E-state index in [1.807, 2.05) is 0 Å². The van der Waals surface area contributed by atoms with Crippen molar-refractivity contribution in [2.75, 3.05) is 0 Å². The summed E-state index contributed by atoms with van der Waals surface area (Å²) in [4.78, 5) is 42.6. The van der Waals surface area contributed by atoms with Gasteiger partial charge >= 0.3 is 5.69 Å². The van der Waals surface area contributed by atoms with E-state index in [9.17, 15) is 14.4 Å². The van der Waals surface area contributed by atoms with Gasteiger partial charge in [0.1, 0.15) is 17.4 Å². The van der Waals surface area contributed by atoms with Crippen LogP contribution < -0.4 is 16.7 Å². The van der Waals surface area contributed by atoms with Gasteiger partial charge in [-0.25, -0.2) is 9.78 Å². The van der Waals surface area contributed by atoms with E-state index in [-0.39, 0.29) is 22.2 Å². The van der Waals surface area contributed by atoms with Gasteiger partial charge in [-0.1, -0.05) is 0 Å². The van der Waals surface area contributed by atoms with Gasteiger partial charge < -0.3 is 4.98 Å². The molecule has 0 aliphatic heterocycles. The van der Waals surface area contributed by atoms with Crippen molar-refractivity contribution < 1.29 is 0 Å². The van der Waals surface area contributed by atoms with E-state index in [2.05, 4.69) is 20.2 Å². The Morgan fingerprint density at radius 3 is 2.63 bits per heavy atom. The summed E-state index contributed by atoms with van der Waals surface area (Å²) in [5, 5.41) is 7.15. The molecule has 0 atom stereocenters. The molecule has 3 rings (SSSR count). The van der Waals surface area contributed by atoms with Crippen molar-refractivity contribution in [3.05, 3.63) is 37.4 Å². The number of aromatic nitrogens is 6. The van der Waals surface area contributed by atoms with Crippen LogP contribution in [0.2, 0.25) is 0 Å². The number of pyridine rings is 1. The number of H-pyrrole nitrogens is 1. The Hall–Kier alpha value is -2.84. The molecule has 0 aliphatic carbocycles. The van der Waals surface area contributed by atoms with Crippen molar-refractivity contribution in [1.29, 1.82) is 0 Å². The van der Waals surface area contributed by atoms with Gasteiger partial charge in [0, 0.05) is 14.1 Å². The third kappa shape index (κ3) is 1.35. The second-order valence-electron chi connectivity index (χ2n) is 4.04. The molecule has 0 saturated carbocycles. The Bertz CT molecular complexity index is 996. The van der Waals surface area contributed by atoms with Gasteiger partial charge in [-0.3, -0.25) is 18.7 Å². The fourth-order valence-electron chi connectivity index (χ4n) is 1.95. The molecule has 0 aromatic carbocycles. The fourth-order valence-corrected chi connectivity index (χ4v) is 1.95. The topological polar surface area (TPSA) is 116 Å². The average Bonchev–Trinajstić information content (AvgIpc) is 2.43. The van der Waals surface area contributed by atoms with Crippen LogP contribution in [0, 0.1) is 0 Å². The largest absolute Gasteiger partial charge is 0.332 e.